The van der Waals surface area contributed by atoms with E-state index in [0.717, 1.165) is 5.82 Å². The maximum absolute atomic E-state index is 5.92. The molecule has 1 N–H and O–H groups in total. The van der Waals surface area contributed by atoms with Gasteiger partial charge in [-0.25, -0.2) is 4.98 Å². The van der Waals surface area contributed by atoms with Crippen LogP contribution in [0.4, 0.5) is 5.82 Å². The lowest BCUT2D eigenvalue weighted by atomic mass is 10.4. The Hall–Kier alpha value is -0.510. The zero-order chi connectivity index (χ0) is 10.4. The maximum Gasteiger partial charge on any atom is 0.126 e. The van der Waals surface area contributed by atoms with Gasteiger partial charge in [0.15, 0.2) is 0 Å². The largest absolute Gasteiger partial charge is 0.383 e. The molecule has 1 unspecified atom stereocenters. The number of aromatic nitrogens is 1. The molecule has 1 atom stereocenters. The fraction of sp³-hybridized carbons (Fsp3) is 0.444. The number of hydrogen-bond acceptors (Lipinski definition) is 3. The zero-order valence-corrected chi connectivity index (χ0v) is 9.35. The van der Waals surface area contributed by atoms with Crippen molar-refractivity contribution in [3.8, 4) is 0 Å². The van der Waals surface area contributed by atoms with Crippen LogP contribution in [-0.2, 0) is 4.74 Å². The van der Waals surface area contributed by atoms with Crippen molar-refractivity contribution in [1.29, 1.82) is 0 Å². The van der Waals surface area contributed by atoms with Crippen molar-refractivity contribution in [3.63, 3.8) is 0 Å². The van der Waals surface area contributed by atoms with Gasteiger partial charge in [-0.05, 0) is 12.1 Å². The lowest BCUT2D eigenvalue weighted by Gasteiger charge is -2.09. The van der Waals surface area contributed by atoms with Gasteiger partial charge in [-0.15, -0.1) is 11.6 Å². The van der Waals surface area contributed by atoms with Crippen LogP contribution in [0.2, 0.25) is 5.02 Å². The Bertz CT molecular complexity index is 266. The first kappa shape index (κ1) is 11.6. The molecule has 0 aliphatic carbocycles. The van der Waals surface area contributed by atoms with E-state index >= 15 is 0 Å². The smallest absolute Gasteiger partial charge is 0.126 e. The third kappa shape index (κ3) is 4.13. The molecule has 0 fully saturated rings. The van der Waals surface area contributed by atoms with Crippen LogP contribution in [0.25, 0.3) is 0 Å². The number of pyridine rings is 1. The molecule has 0 aliphatic heterocycles. The van der Waals surface area contributed by atoms with E-state index in [2.05, 4.69) is 10.3 Å². The summed E-state index contributed by atoms with van der Waals surface area (Å²) in [5.41, 5.74) is 0. The number of alkyl halides is 1. The van der Waals surface area contributed by atoms with E-state index in [-0.39, 0.29) is 5.38 Å². The predicted octanol–water partition coefficient (Wildman–Crippen LogP) is 2.40. The lowest BCUT2D eigenvalue weighted by Crippen LogP contribution is -2.19. The summed E-state index contributed by atoms with van der Waals surface area (Å²) in [5.74, 6) is 0.760. The van der Waals surface area contributed by atoms with Crippen molar-refractivity contribution < 1.29 is 4.74 Å². The number of nitrogens with one attached hydrogen (secondary N) is 1. The van der Waals surface area contributed by atoms with Gasteiger partial charge in [0.1, 0.15) is 5.82 Å². The molecule has 1 heterocycles. The Morgan fingerprint density at radius 1 is 1.57 bits per heavy atom. The molecule has 0 bridgehead atoms. The van der Waals surface area contributed by atoms with Crippen LogP contribution in [-0.4, -0.2) is 30.6 Å². The molecule has 0 saturated heterocycles. The number of methoxy groups -OCH3 is 1. The summed E-state index contributed by atoms with van der Waals surface area (Å²) in [6.07, 6.45) is 1.59. The summed E-state index contributed by atoms with van der Waals surface area (Å²) < 4.78 is 4.90. The van der Waals surface area contributed by atoms with E-state index in [0.29, 0.717) is 18.2 Å². The number of rotatable bonds is 5. The van der Waals surface area contributed by atoms with Crippen LogP contribution in [0.15, 0.2) is 18.3 Å². The summed E-state index contributed by atoms with van der Waals surface area (Å²) in [6.45, 7) is 1.13. The Labute approximate surface area is 93.4 Å². The zero-order valence-electron chi connectivity index (χ0n) is 7.84. The monoisotopic (exact) mass is 234 g/mol. The maximum atomic E-state index is 5.92. The Morgan fingerprint density at radius 3 is 2.93 bits per heavy atom. The third-order valence-electron chi connectivity index (χ3n) is 1.58. The van der Waals surface area contributed by atoms with Crippen LogP contribution < -0.4 is 5.32 Å². The molecule has 0 radical (unpaired) electrons. The molecule has 0 aliphatic rings. The standard InChI is InChI=1S/C9H12Cl2N2O/c1-14-6-8(11)5-13-9-3-2-7(10)4-12-9/h2-4,8H,5-6H2,1H3,(H,12,13). The van der Waals surface area contributed by atoms with Gasteiger partial charge in [0.25, 0.3) is 0 Å². The quantitative estimate of drug-likeness (QED) is 0.795. The number of anilines is 1. The molecule has 3 nitrogen and oxygen atoms in total. The molecule has 1 rings (SSSR count). The first-order valence-corrected chi connectivity index (χ1v) is 5.02. The molecule has 1 aromatic heterocycles. The first-order valence-electron chi connectivity index (χ1n) is 4.21. The van der Waals surface area contributed by atoms with Crippen molar-refractivity contribution in [3.05, 3.63) is 23.4 Å². The molecular weight excluding hydrogens is 223 g/mol. The summed E-state index contributed by atoms with van der Waals surface area (Å²) in [4.78, 5) is 4.07. The van der Waals surface area contributed by atoms with Gasteiger partial charge in [-0.1, -0.05) is 11.6 Å². The lowest BCUT2D eigenvalue weighted by molar-refractivity contribution is 0.200. The van der Waals surface area contributed by atoms with Crippen molar-refractivity contribution in [2.45, 2.75) is 5.38 Å². The highest BCUT2D eigenvalue weighted by Crippen LogP contribution is 2.09. The third-order valence-corrected chi connectivity index (χ3v) is 2.08. The topological polar surface area (TPSA) is 34.1 Å². The highest BCUT2D eigenvalue weighted by molar-refractivity contribution is 6.30. The molecule has 5 heteroatoms. The minimum absolute atomic E-state index is 0.0579. The van der Waals surface area contributed by atoms with Gasteiger partial charge in [0, 0.05) is 19.9 Å². The summed E-state index contributed by atoms with van der Waals surface area (Å²) in [7, 11) is 1.62. The Kier molecular flexibility index (Phi) is 5.01. The van der Waals surface area contributed by atoms with Crippen LogP contribution >= 0.6 is 23.2 Å². The van der Waals surface area contributed by atoms with E-state index < -0.39 is 0 Å². The minimum atomic E-state index is -0.0579. The van der Waals surface area contributed by atoms with E-state index in [1.54, 1.807) is 25.4 Å². The number of ether oxygens (including phenoxy) is 1. The average molecular weight is 235 g/mol. The highest BCUT2D eigenvalue weighted by Gasteiger charge is 2.03. The second-order valence-electron chi connectivity index (χ2n) is 2.80. The molecule has 78 valence electrons. The van der Waals surface area contributed by atoms with Gasteiger partial charge in [-0.2, -0.15) is 0 Å². The van der Waals surface area contributed by atoms with Crippen LogP contribution in [0, 0.1) is 0 Å². The predicted molar refractivity (Wildman–Crippen MR) is 59.3 cm³/mol. The van der Waals surface area contributed by atoms with Crippen molar-refractivity contribution >= 4 is 29.0 Å². The number of nitrogens with zero attached hydrogens (tertiary/aromatic N) is 1. The molecule has 14 heavy (non-hydrogen) atoms. The molecule has 0 aromatic carbocycles. The van der Waals surface area contributed by atoms with E-state index in [4.69, 9.17) is 27.9 Å². The molecule has 0 saturated carbocycles. The van der Waals surface area contributed by atoms with E-state index in [1.807, 2.05) is 0 Å². The Balaban J connectivity index is 2.34. The van der Waals surface area contributed by atoms with Crippen LogP contribution in [0.5, 0.6) is 0 Å². The normalized spacial score (nSPS) is 12.5. The summed E-state index contributed by atoms with van der Waals surface area (Å²) in [6, 6.07) is 3.58. The molecule has 0 amide bonds. The van der Waals surface area contributed by atoms with Crippen molar-refractivity contribution in [2.24, 2.45) is 0 Å². The second-order valence-corrected chi connectivity index (χ2v) is 3.85. The van der Waals surface area contributed by atoms with Gasteiger partial charge in [0.05, 0.1) is 17.0 Å². The second kappa shape index (κ2) is 6.06. The number of hydrogen-bond donors (Lipinski definition) is 1. The molecule has 0 spiro atoms. The first-order chi connectivity index (χ1) is 6.72. The van der Waals surface area contributed by atoms with Crippen molar-refractivity contribution in [2.75, 3.05) is 25.6 Å². The van der Waals surface area contributed by atoms with E-state index in [9.17, 15) is 0 Å². The highest BCUT2D eigenvalue weighted by atomic mass is 35.5. The van der Waals surface area contributed by atoms with E-state index in [1.165, 1.54) is 0 Å². The fourth-order valence-corrected chi connectivity index (χ4v) is 1.25. The average Bonchev–Trinajstić information content (AvgIpc) is 2.17. The van der Waals surface area contributed by atoms with Gasteiger partial charge in [0.2, 0.25) is 0 Å². The Morgan fingerprint density at radius 2 is 2.36 bits per heavy atom. The van der Waals surface area contributed by atoms with Crippen LogP contribution in [0.1, 0.15) is 0 Å². The van der Waals surface area contributed by atoms with Crippen LogP contribution in [0.3, 0.4) is 0 Å². The number of halogens is 2. The molecular formula is C9H12Cl2N2O. The molecule has 1 aromatic rings. The van der Waals surface area contributed by atoms with Gasteiger partial charge in [-0.3, -0.25) is 0 Å². The van der Waals surface area contributed by atoms with Gasteiger partial charge < -0.3 is 10.1 Å². The minimum Gasteiger partial charge on any atom is -0.383 e. The summed E-state index contributed by atoms with van der Waals surface area (Å²) in [5, 5.41) is 3.64. The van der Waals surface area contributed by atoms with Gasteiger partial charge >= 0.3 is 0 Å². The SMILES string of the molecule is COCC(Cl)CNc1ccc(Cl)cn1. The van der Waals surface area contributed by atoms with Crippen molar-refractivity contribution in [1.82, 2.24) is 4.98 Å². The summed E-state index contributed by atoms with van der Waals surface area (Å²) >= 11 is 11.6. The fourth-order valence-electron chi connectivity index (χ4n) is 0.935.